The molecule has 0 aliphatic carbocycles. The second kappa shape index (κ2) is 9.45. The third-order valence-electron chi connectivity index (χ3n) is 6.40. The van der Waals surface area contributed by atoms with E-state index in [2.05, 4.69) is 80.4 Å². The van der Waals surface area contributed by atoms with Crippen LogP contribution in [-0.2, 0) is 0 Å². The Morgan fingerprint density at radius 2 is 1.06 bits per heavy atom. The zero-order chi connectivity index (χ0) is 24.6. The van der Waals surface area contributed by atoms with Gasteiger partial charge in [0.25, 0.3) is 0 Å². The lowest BCUT2D eigenvalue weighted by Crippen LogP contribution is -1.83. The number of para-hydroxylation sites is 2. The molecule has 1 N–H and O–H groups in total. The van der Waals surface area contributed by atoms with Crippen LogP contribution < -0.4 is 0 Å². The van der Waals surface area contributed by atoms with Crippen molar-refractivity contribution in [2.75, 3.05) is 0 Å². The van der Waals surface area contributed by atoms with E-state index in [-0.39, 0.29) is 0 Å². The first kappa shape index (κ1) is 22.8. The highest BCUT2D eigenvalue weighted by Crippen LogP contribution is 2.38. The predicted octanol–water partition coefficient (Wildman–Crippen LogP) is 10.5. The maximum Gasteiger partial charge on any atom is 0.137 e. The van der Waals surface area contributed by atoms with E-state index in [4.69, 9.17) is 4.42 Å². The summed E-state index contributed by atoms with van der Waals surface area (Å²) in [7, 11) is 0. The maximum absolute atomic E-state index is 9.98. The SMILES string of the molecule is Brc1cc2oc3ccccc3c2c2ccccc12.Oc1ccccc1-c1ccc(Br)c2ccccc12. The molecular weight excluding hydrogens is 576 g/mol. The molecule has 0 atom stereocenters. The molecule has 0 aliphatic rings. The fourth-order valence-corrected chi connectivity index (χ4v) is 5.78. The standard InChI is InChI=1S/C16H9BrO.C16H11BrO/c17-13-9-15-16(11-6-2-1-5-10(11)13)12-7-3-4-8-14(12)18-15;17-15-10-9-12(11-5-1-2-6-13(11)15)14-7-3-4-8-16(14)18/h1-9H;1-10,18H. The van der Waals surface area contributed by atoms with E-state index in [1.807, 2.05) is 60.7 Å². The van der Waals surface area contributed by atoms with Crippen LogP contribution >= 0.6 is 31.9 Å². The number of hydrogen-bond donors (Lipinski definition) is 1. The number of halogens is 2. The monoisotopic (exact) mass is 594 g/mol. The van der Waals surface area contributed by atoms with Gasteiger partial charge < -0.3 is 9.52 Å². The molecule has 36 heavy (non-hydrogen) atoms. The van der Waals surface area contributed by atoms with Crippen molar-refractivity contribution in [1.29, 1.82) is 0 Å². The summed E-state index contributed by atoms with van der Waals surface area (Å²) in [6.07, 6.45) is 0. The summed E-state index contributed by atoms with van der Waals surface area (Å²) in [6.45, 7) is 0. The summed E-state index contributed by atoms with van der Waals surface area (Å²) in [5.41, 5.74) is 3.78. The number of aromatic hydroxyl groups is 1. The fourth-order valence-electron chi connectivity index (χ4n) is 4.74. The van der Waals surface area contributed by atoms with Crippen molar-refractivity contribution < 1.29 is 9.52 Å². The number of furan rings is 1. The van der Waals surface area contributed by atoms with Crippen LogP contribution in [0.3, 0.4) is 0 Å². The van der Waals surface area contributed by atoms with Crippen LogP contribution in [0.2, 0.25) is 0 Å². The quantitative estimate of drug-likeness (QED) is 0.205. The van der Waals surface area contributed by atoms with Crippen LogP contribution in [0.25, 0.3) is 54.6 Å². The molecule has 174 valence electrons. The summed E-state index contributed by atoms with van der Waals surface area (Å²) in [5.74, 6) is 0.310. The molecular formula is C32H20Br2O2. The Balaban J connectivity index is 0.000000133. The first-order valence-electron chi connectivity index (χ1n) is 11.6. The van der Waals surface area contributed by atoms with Crippen LogP contribution in [0.5, 0.6) is 5.75 Å². The Labute approximate surface area is 225 Å². The Morgan fingerprint density at radius 3 is 1.81 bits per heavy atom. The highest BCUT2D eigenvalue weighted by molar-refractivity contribution is 9.11. The van der Waals surface area contributed by atoms with Crippen LogP contribution in [0.1, 0.15) is 0 Å². The molecule has 7 rings (SSSR count). The van der Waals surface area contributed by atoms with Gasteiger partial charge in [0.1, 0.15) is 16.9 Å². The summed E-state index contributed by atoms with van der Waals surface area (Å²) < 4.78 is 8.05. The molecule has 0 fully saturated rings. The normalized spacial score (nSPS) is 11.2. The van der Waals surface area contributed by atoms with Gasteiger partial charge >= 0.3 is 0 Å². The number of phenolic OH excluding ortho intramolecular Hbond substituents is 1. The molecule has 6 aromatic carbocycles. The second-order valence-electron chi connectivity index (χ2n) is 8.53. The van der Waals surface area contributed by atoms with Crippen LogP contribution in [-0.4, -0.2) is 5.11 Å². The molecule has 2 nitrogen and oxygen atoms in total. The van der Waals surface area contributed by atoms with Gasteiger partial charge in [-0.15, -0.1) is 0 Å². The van der Waals surface area contributed by atoms with Gasteiger partial charge in [0, 0.05) is 25.3 Å². The van der Waals surface area contributed by atoms with E-state index in [1.54, 1.807) is 6.07 Å². The summed E-state index contributed by atoms with van der Waals surface area (Å²) in [6, 6.07) is 38.3. The molecule has 0 saturated carbocycles. The minimum atomic E-state index is 0.310. The first-order valence-corrected chi connectivity index (χ1v) is 13.1. The second-order valence-corrected chi connectivity index (χ2v) is 10.2. The van der Waals surface area contributed by atoms with E-state index < -0.39 is 0 Å². The summed E-state index contributed by atoms with van der Waals surface area (Å²) in [4.78, 5) is 0. The number of rotatable bonds is 1. The molecule has 0 saturated heterocycles. The van der Waals surface area contributed by atoms with Gasteiger partial charge in [0.15, 0.2) is 0 Å². The van der Waals surface area contributed by atoms with E-state index in [0.717, 1.165) is 42.0 Å². The van der Waals surface area contributed by atoms with Crippen molar-refractivity contribution >= 4 is 75.3 Å². The highest BCUT2D eigenvalue weighted by atomic mass is 79.9. The Kier molecular flexibility index (Phi) is 6.00. The van der Waals surface area contributed by atoms with Crippen LogP contribution in [0.4, 0.5) is 0 Å². The molecule has 7 aromatic rings. The van der Waals surface area contributed by atoms with E-state index >= 15 is 0 Å². The van der Waals surface area contributed by atoms with Crippen molar-refractivity contribution in [3.05, 3.63) is 124 Å². The summed E-state index contributed by atoms with van der Waals surface area (Å²) in [5, 5.41) is 17.1. The van der Waals surface area contributed by atoms with Crippen LogP contribution in [0, 0.1) is 0 Å². The average molecular weight is 596 g/mol. The number of fused-ring (bicyclic) bond motifs is 6. The third-order valence-corrected chi connectivity index (χ3v) is 7.75. The van der Waals surface area contributed by atoms with E-state index in [9.17, 15) is 5.11 Å². The largest absolute Gasteiger partial charge is 0.507 e. The van der Waals surface area contributed by atoms with E-state index in [0.29, 0.717) is 5.75 Å². The van der Waals surface area contributed by atoms with Crippen molar-refractivity contribution in [3.63, 3.8) is 0 Å². The molecule has 4 heteroatoms. The average Bonchev–Trinajstić information content (AvgIpc) is 3.29. The van der Waals surface area contributed by atoms with E-state index in [1.165, 1.54) is 21.5 Å². The zero-order valence-electron chi connectivity index (χ0n) is 19.1. The highest BCUT2D eigenvalue weighted by Gasteiger charge is 2.12. The molecule has 0 aliphatic heterocycles. The molecule has 0 unspecified atom stereocenters. The molecule has 1 heterocycles. The van der Waals surface area contributed by atoms with Crippen molar-refractivity contribution in [2.45, 2.75) is 0 Å². The van der Waals surface area contributed by atoms with Crippen LogP contribution in [0.15, 0.2) is 129 Å². The van der Waals surface area contributed by atoms with Gasteiger partial charge in [-0.05, 0) is 51.4 Å². The van der Waals surface area contributed by atoms with Gasteiger partial charge in [-0.3, -0.25) is 0 Å². The number of phenols is 1. The Bertz CT molecular complexity index is 1890. The maximum atomic E-state index is 9.98. The smallest absolute Gasteiger partial charge is 0.137 e. The lowest BCUT2D eigenvalue weighted by molar-refractivity contribution is 0.477. The predicted molar refractivity (Wildman–Crippen MR) is 158 cm³/mol. The fraction of sp³-hybridized carbons (Fsp3) is 0. The molecule has 0 radical (unpaired) electrons. The Morgan fingerprint density at radius 1 is 0.472 bits per heavy atom. The Hall–Kier alpha value is -3.60. The minimum Gasteiger partial charge on any atom is -0.507 e. The van der Waals surface area contributed by atoms with Gasteiger partial charge in [-0.25, -0.2) is 0 Å². The van der Waals surface area contributed by atoms with Gasteiger partial charge in [-0.1, -0.05) is 123 Å². The van der Waals surface area contributed by atoms with Gasteiger partial charge in [0.05, 0.1) is 0 Å². The molecule has 0 bridgehead atoms. The topological polar surface area (TPSA) is 33.4 Å². The lowest BCUT2D eigenvalue weighted by atomic mass is 9.98. The molecule has 0 spiro atoms. The number of benzene rings is 6. The zero-order valence-corrected chi connectivity index (χ0v) is 22.3. The number of hydrogen-bond acceptors (Lipinski definition) is 2. The van der Waals surface area contributed by atoms with Crippen molar-refractivity contribution in [1.82, 2.24) is 0 Å². The summed E-state index contributed by atoms with van der Waals surface area (Å²) >= 11 is 7.17. The van der Waals surface area contributed by atoms with Gasteiger partial charge in [-0.2, -0.15) is 0 Å². The third kappa shape index (κ3) is 3.97. The molecule has 1 aromatic heterocycles. The minimum absolute atomic E-state index is 0.310. The first-order chi connectivity index (χ1) is 17.6. The van der Waals surface area contributed by atoms with Crippen molar-refractivity contribution in [2.24, 2.45) is 0 Å². The van der Waals surface area contributed by atoms with Crippen molar-refractivity contribution in [3.8, 4) is 16.9 Å². The van der Waals surface area contributed by atoms with Gasteiger partial charge in [0.2, 0.25) is 0 Å². The lowest BCUT2D eigenvalue weighted by Gasteiger charge is -2.09. The molecule has 0 amide bonds.